The van der Waals surface area contributed by atoms with Gasteiger partial charge in [0.2, 0.25) is 0 Å². The maximum atomic E-state index is 11.6. The number of anilines is 3. The molecule has 0 aliphatic heterocycles. The van der Waals surface area contributed by atoms with Gasteiger partial charge in [-0.15, -0.1) is 0 Å². The van der Waals surface area contributed by atoms with Crippen molar-refractivity contribution in [1.29, 1.82) is 0 Å². The molecule has 5 rings (SSSR count). The molecule has 0 bridgehead atoms. The van der Waals surface area contributed by atoms with Gasteiger partial charge in [-0.1, -0.05) is 90.5 Å². The monoisotopic (exact) mass is 495 g/mol. The Balaban J connectivity index is 1.50. The number of benzene rings is 5. The summed E-state index contributed by atoms with van der Waals surface area (Å²) in [5, 5.41) is 0. The third-order valence-corrected chi connectivity index (χ3v) is 6.50. The number of hydrogen-bond acceptors (Lipinski definition) is 3. The fourth-order valence-corrected chi connectivity index (χ4v) is 4.37. The Morgan fingerprint density at radius 3 is 1.21 bits per heavy atom. The lowest BCUT2D eigenvalue weighted by Crippen LogP contribution is -2.10. The molecule has 0 aromatic heterocycles. The maximum Gasteiger partial charge on any atom is 0.335 e. The summed E-state index contributed by atoms with van der Waals surface area (Å²) < 4.78 is 5.28. The Labute approximate surface area is 224 Å². The summed E-state index contributed by atoms with van der Waals surface area (Å²) in [5.41, 5.74) is 10.2. The van der Waals surface area contributed by atoms with Crippen LogP contribution in [0.4, 0.5) is 17.1 Å². The van der Waals surface area contributed by atoms with Crippen LogP contribution in [0.25, 0.3) is 22.3 Å². The van der Waals surface area contributed by atoms with Crippen LogP contribution < -0.4 is 9.64 Å². The SMILES string of the molecule is C=CC(=O)Oc1ccc(N(c2ccc(-c3ccc(C)cc3)cc2)c2ccc(-c3ccc(C)cc3)cc2)cc1. The first-order valence-electron chi connectivity index (χ1n) is 12.6. The van der Waals surface area contributed by atoms with Gasteiger partial charge < -0.3 is 9.64 Å². The molecule has 5 aromatic rings. The van der Waals surface area contributed by atoms with E-state index in [4.69, 9.17) is 4.74 Å². The van der Waals surface area contributed by atoms with Crippen molar-refractivity contribution in [2.75, 3.05) is 4.90 Å². The largest absolute Gasteiger partial charge is 0.423 e. The second kappa shape index (κ2) is 11.0. The third-order valence-electron chi connectivity index (χ3n) is 6.50. The van der Waals surface area contributed by atoms with E-state index < -0.39 is 5.97 Å². The fourth-order valence-electron chi connectivity index (χ4n) is 4.37. The number of carbonyl (C=O) groups excluding carboxylic acids is 1. The van der Waals surface area contributed by atoms with E-state index in [0.29, 0.717) is 5.75 Å². The minimum absolute atomic E-state index is 0.475. The lowest BCUT2D eigenvalue weighted by atomic mass is 10.0. The minimum atomic E-state index is -0.479. The average molecular weight is 496 g/mol. The summed E-state index contributed by atoms with van der Waals surface area (Å²) in [6.07, 6.45) is 1.16. The minimum Gasteiger partial charge on any atom is -0.423 e. The van der Waals surface area contributed by atoms with Crippen LogP contribution in [-0.2, 0) is 4.79 Å². The predicted octanol–water partition coefficient (Wildman–Crippen LogP) is 9.20. The second-order valence-corrected chi connectivity index (χ2v) is 9.28. The van der Waals surface area contributed by atoms with Crippen molar-refractivity contribution in [1.82, 2.24) is 0 Å². The zero-order chi connectivity index (χ0) is 26.5. The zero-order valence-electron chi connectivity index (χ0n) is 21.6. The lowest BCUT2D eigenvalue weighted by molar-refractivity contribution is -0.128. The Hall–Kier alpha value is -4.89. The molecule has 0 aliphatic rings. The van der Waals surface area contributed by atoms with Crippen LogP contribution in [0.1, 0.15) is 11.1 Å². The summed E-state index contributed by atoms with van der Waals surface area (Å²) in [7, 11) is 0. The van der Waals surface area contributed by atoms with Gasteiger partial charge in [-0.25, -0.2) is 4.79 Å². The normalized spacial score (nSPS) is 10.6. The highest BCUT2D eigenvalue weighted by Crippen LogP contribution is 2.37. The van der Waals surface area contributed by atoms with Gasteiger partial charge in [0.15, 0.2) is 0 Å². The number of carbonyl (C=O) groups is 1. The number of rotatable bonds is 7. The smallest absolute Gasteiger partial charge is 0.335 e. The number of hydrogen-bond donors (Lipinski definition) is 0. The summed E-state index contributed by atoms with van der Waals surface area (Å²) in [4.78, 5) is 13.8. The van der Waals surface area contributed by atoms with Gasteiger partial charge in [0.05, 0.1) is 0 Å². The van der Waals surface area contributed by atoms with E-state index in [1.807, 2.05) is 12.1 Å². The van der Waals surface area contributed by atoms with Crippen LogP contribution in [0.15, 0.2) is 134 Å². The van der Waals surface area contributed by atoms with Gasteiger partial charge in [0.25, 0.3) is 0 Å². The average Bonchev–Trinajstić information content (AvgIpc) is 2.96. The summed E-state index contributed by atoms with van der Waals surface area (Å²) in [6, 6.07) is 41.7. The van der Waals surface area contributed by atoms with Crippen molar-refractivity contribution in [3.63, 3.8) is 0 Å². The molecule has 0 saturated heterocycles. The van der Waals surface area contributed by atoms with Crippen LogP contribution in [-0.4, -0.2) is 5.97 Å². The van der Waals surface area contributed by atoms with Gasteiger partial charge in [-0.05, 0) is 84.6 Å². The molecule has 0 atom stereocenters. The molecule has 0 amide bonds. The summed E-state index contributed by atoms with van der Waals surface area (Å²) in [5.74, 6) is -0.00367. The van der Waals surface area contributed by atoms with Gasteiger partial charge in [0, 0.05) is 23.1 Å². The van der Waals surface area contributed by atoms with Gasteiger partial charge >= 0.3 is 5.97 Å². The van der Waals surface area contributed by atoms with Crippen molar-refractivity contribution in [3.05, 3.63) is 145 Å². The highest BCUT2D eigenvalue weighted by Gasteiger charge is 2.14. The lowest BCUT2D eigenvalue weighted by Gasteiger charge is -2.26. The van der Waals surface area contributed by atoms with Crippen molar-refractivity contribution < 1.29 is 9.53 Å². The molecule has 0 fully saturated rings. The molecule has 0 heterocycles. The van der Waals surface area contributed by atoms with Crippen molar-refractivity contribution in [2.45, 2.75) is 13.8 Å². The van der Waals surface area contributed by atoms with E-state index in [-0.39, 0.29) is 0 Å². The number of aryl methyl sites for hydroxylation is 2. The Bertz CT molecular complexity index is 1440. The van der Waals surface area contributed by atoms with Crippen molar-refractivity contribution >= 4 is 23.0 Å². The summed E-state index contributed by atoms with van der Waals surface area (Å²) in [6.45, 7) is 7.66. The van der Waals surface area contributed by atoms with Crippen LogP contribution in [0.3, 0.4) is 0 Å². The fraction of sp³-hybridized carbons (Fsp3) is 0.0571. The Morgan fingerprint density at radius 2 is 0.868 bits per heavy atom. The van der Waals surface area contributed by atoms with Crippen LogP contribution >= 0.6 is 0 Å². The molecule has 3 heteroatoms. The molecule has 5 aromatic carbocycles. The van der Waals surface area contributed by atoms with E-state index in [1.165, 1.54) is 22.3 Å². The molecule has 0 spiro atoms. The molecular formula is C35H29NO2. The van der Waals surface area contributed by atoms with Crippen LogP contribution in [0.2, 0.25) is 0 Å². The third kappa shape index (κ3) is 5.58. The Kier molecular flexibility index (Phi) is 7.19. The zero-order valence-corrected chi connectivity index (χ0v) is 21.6. The van der Waals surface area contributed by atoms with E-state index in [1.54, 1.807) is 12.1 Å². The topological polar surface area (TPSA) is 29.5 Å². The first-order valence-corrected chi connectivity index (χ1v) is 12.6. The van der Waals surface area contributed by atoms with Gasteiger partial charge in [0.1, 0.15) is 5.75 Å². The van der Waals surface area contributed by atoms with Crippen LogP contribution in [0, 0.1) is 13.8 Å². The van der Waals surface area contributed by atoms with Crippen molar-refractivity contribution in [3.8, 4) is 28.0 Å². The first kappa shape index (κ1) is 24.8. The molecule has 3 nitrogen and oxygen atoms in total. The van der Waals surface area contributed by atoms with E-state index >= 15 is 0 Å². The Morgan fingerprint density at radius 1 is 0.553 bits per heavy atom. The first-order chi connectivity index (χ1) is 18.5. The molecule has 0 aliphatic carbocycles. The standard InChI is InChI=1S/C35H29NO2/c1-4-35(37)38-34-23-21-33(22-24-34)36(31-17-13-29(14-18-31)27-9-5-25(2)6-10-27)32-19-15-30(16-20-32)28-11-7-26(3)8-12-28/h4-24H,1H2,2-3H3. The van der Waals surface area contributed by atoms with Crippen molar-refractivity contribution in [2.24, 2.45) is 0 Å². The van der Waals surface area contributed by atoms with Crippen LogP contribution in [0.5, 0.6) is 5.75 Å². The van der Waals surface area contributed by atoms with Gasteiger partial charge in [-0.3, -0.25) is 0 Å². The highest BCUT2D eigenvalue weighted by atomic mass is 16.5. The predicted molar refractivity (Wildman–Crippen MR) is 157 cm³/mol. The maximum absolute atomic E-state index is 11.6. The molecule has 38 heavy (non-hydrogen) atoms. The molecule has 186 valence electrons. The van der Waals surface area contributed by atoms with Gasteiger partial charge in [-0.2, -0.15) is 0 Å². The second-order valence-electron chi connectivity index (χ2n) is 9.28. The molecule has 0 unspecified atom stereocenters. The number of ether oxygens (including phenoxy) is 1. The number of nitrogens with zero attached hydrogens (tertiary/aromatic N) is 1. The molecular weight excluding hydrogens is 466 g/mol. The molecule has 0 radical (unpaired) electrons. The van der Waals surface area contributed by atoms with E-state index in [2.05, 4.69) is 122 Å². The molecule has 0 N–H and O–H groups in total. The molecule has 0 saturated carbocycles. The van der Waals surface area contributed by atoms with E-state index in [0.717, 1.165) is 34.3 Å². The quantitative estimate of drug-likeness (QED) is 0.128. The van der Waals surface area contributed by atoms with E-state index in [9.17, 15) is 4.79 Å². The number of esters is 1. The summed E-state index contributed by atoms with van der Waals surface area (Å²) >= 11 is 0. The highest BCUT2D eigenvalue weighted by molar-refractivity contribution is 5.84.